The zero-order valence-electron chi connectivity index (χ0n) is 11.3. The molecule has 2 aromatic heterocycles. The van der Waals surface area contributed by atoms with Gasteiger partial charge in [0, 0.05) is 25.5 Å². The smallest absolute Gasteiger partial charge is 0.338 e. The van der Waals surface area contributed by atoms with E-state index in [2.05, 4.69) is 10.1 Å². The van der Waals surface area contributed by atoms with E-state index in [1.165, 1.54) is 15.6 Å². The molecule has 1 aliphatic rings. The first-order valence-electron chi connectivity index (χ1n) is 6.52. The van der Waals surface area contributed by atoms with Gasteiger partial charge in [0.2, 0.25) is 0 Å². The van der Waals surface area contributed by atoms with Crippen LogP contribution in [0.4, 0.5) is 13.2 Å². The van der Waals surface area contributed by atoms with Crippen LogP contribution in [0.2, 0.25) is 0 Å². The summed E-state index contributed by atoms with van der Waals surface area (Å²) in [6.07, 6.45) is 0.343. The maximum Gasteiger partial charge on any atom is 0.393 e. The number of hydrogen-bond acceptors (Lipinski definition) is 3. The van der Waals surface area contributed by atoms with Gasteiger partial charge in [-0.2, -0.15) is 18.3 Å². The molecular weight excluding hydrogens is 285 g/mol. The van der Waals surface area contributed by atoms with Crippen LogP contribution in [0.15, 0.2) is 18.6 Å². The van der Waals surface area contributed by atoms with Crippen molar-refractivity contribution in [1.29, 1.82) is 0 Å². The Morgan fingerprint density at radius 2 is 2.14 bits per heavy atom. The molecule has 0 saturated carbocycles. The lowest BCUT2D eigenvalue weighted by Gasteiger charge is -2.17. The number of carbonyl (C=O) groups is 1. The van der Waals surface area contributed by atoms with Gasteiger partial charge in [-0.3, -0.25) is 4.79 Å². The van der Waals surface area contributed by atoms with E-state index in [1.807, 2.05) is 6.92 Å². The summed E-state index contributed by atoms with van der Waals surface area (Å²) in [6, 6.07) is 0. The second kappa shape index (κ2) is 4.71. The van der Waals surface area contributed by atoms with Crippen molar-refractivity contribution in [2.24, 2.45) is 5.92 Å². The summed E-state index contributed by atoms with van der Waals surface area (Å²) in [7, 11) is 0. The van der Waals surface area contributed by atoms with Gasteiger partial charge < -0.3 is 4.90 Å². The highest BCUT2D eigenvalue weighted by Crippen LogP contribution is 2.34. The van der Waals surface area contributed by atoms with E-state index in [0.29, 0.717) is 5.65 Å². The van der Waals surface area contributed by atoms with Gasteiger partial charge >= 0.3 is 6.18 Å². The number of amides is 1. The molecule has 0 N–H and O–H groups in total. The van der Waals surface area contributed by atoms with Gasteiger partial charge in [-0.1, -0.05) is 0 Å². The van der Waals surface area contributed by atoms with Crippen molar-refractivity contribution in [2.45, 2.75) is 19.5 Å². The number of likely N-dealkylation sites (tertiary alicyclic amines) is 1. The second-order valence-corrected chi connectivity index (χ2v) is 5.24. The van der Waals surface area contributed by atoms with Gasteiger partial charge in [0.15, 0.2) is 5.65 Å². The molecule has 0 aliphatic carbocycles. The summed E-state index contributed by atoms with van der Waals surface area (Å²) < 4.78 is 39.5. The molecule has 0 spiro atoms. The van der Waals surface area contributed by atoms with Gasteiger partial charge in [0.05, 0.1) is 12.1 Å². The average molecular weight is 298 g/mol. The molecule has 0 bridgehead atoms. The maximum atomic E-state index is 12.7. The predicted octanol–water partition coefficient (Wildman–Crippen LogP) is 2.06. The third-order valence-electron chi connectivity index (χ3n) is 3.65. The zero-order valence-corrected chi connectivity index (χ0v) is 11.3. The largest absolute Gasteiger partial charge is 0.393 e. The molecule has 1 fully saturated rings. The number of fused-ring (bicyclic) bond motifs is 1. The molecule has 5 nitrogen and oxygen atoms in total. The van der Waals surface area contributed by atoms with Crippen LogP contribution in [-0.2, 0) is 0 Å². The molecule has 8 heteroatoms. The quantitative estimate of drug-likeness (QED) is 0.810. The number of nitrogens with zero attached hydrogens (tertiary/aromatic N) is 4. The number of aryl methyl sites for hydroxylation is 1. The average Bonchev–Trinajstić information content (AvgIpc) is 3.03. The van der Waals surface area contributed by atoms with E-state index >= 15 is 0 Å². The lowest BCUT2D eigenvalue weighted by molar-refractivity contribution is -0.169. The molecule has 112 valence electrons. The topological polar surface area (TPSA) is 50.5 Å². The highest BCUT2D eigenvalue weighted by atomic mass is 19.4. The molecule has 0 aromatic carbocycles. The van der Waals surface area contributed by atoms with Crippen LogP contribution in [0.3, 0.4) is 0 Å². The van der Waals surface area contributed by atoms with E-state index in [-0.39, 0.29) is 25.1 Å². The Hall–Kier alpha value is -2.12. The molecule has 1 saturated heterocycles. The Labute approximate surface area is 118 Å². The Kier molecular flexibility index (Phi) is 3.11. The minimum absolute atomic E-state index is 0.0546. The maximum absolute atomic E-state index is 12.7. The van der Waals surface area contributed by atoms with Crippen molar-refractivity contribution in [3.63, 3.8) is 0 Å². The number of hydrogen-bond donors (Lipinski definition) is 0. The van der Waals surface area contributed by atoms with Crippen LogP contribution in [-0.4, -0.2) is 44.7 Å². The Morgan fingerprint density at radius 1 is 1.38 bits per heavy atom. The lowest BCUT2D eigenvalue weighted by Crippen LogP contribution is -2.32. The summed E-state index contributed by atoms with van der Waals surface area (Å²) in [5.41, 5.74) is 1.47. The standard InChI is InChI=1S/C13H13F3N4O/c1-8-4-17-11-10(5-18-20(11)6-8)12(21)19-3-2-9(7-19)13(14,15)16/h4-6,9H,2-3,7H2,1H3. The van der Waals surface area contributed by atoms with Gasteiger partial charge in [0.25, 0.3) is 5.91 Å². The van der Waals surface area contributed by atoms with Crippen molar-refractivity contribution in [1.82, 2.24) is 19.5 Å². The molecule has 1 amide bonds. The van der Waals surface area contributed by atoms with Crippen LogP contribution in [0.1, 0.15) is 22.3 Å². The van der Waals surface area contributed by atoms with Crippen molar-refractivity contribution in [2.75, 3.05) is 13.1 Å². The number of rotatable bonds is 1. The summed E-state index contributed by atoms with van der Waals surface area (Å²) in [5, 5.41) is 4.02. The first-order chi connectivity index (χ1) is 9.86. The SMILES string of the molecule is Cc1cnc2c(C(=O)N3CCC(C(F)(F)F)C3)cnn2c1. The van der Waals surface area contributed by atoms with E-state index in [0.717, 1.165) is 5.56 Å². The van der Waals surface area contributed by atoms with Crippen LogP contribution in [0.5, 0.6) is 0 Å². The van der Waals surface area contributed by atoms with Gasteiger partial charge in [-0.25, -0.2) is 9.50 Å². The van der Waals surface area contributed by atoms with Gasteiger partial charge in [-0.15, -0.1) is 0 Å². The van der Waals surface area contributed by atoms with E-state index in [9.17, 15) is 18.0 Å². The van der Waals surface area contributed by atoms with Crippen molar-refractivity contribution >= 4 is 11.6 Å². The van der Waals surface area contributed by atoms with E-state index < -0.39 is 18.0 Å². The molecule has 1 unspecified atom stereocenters. The third-order valence-corrected chi connectivity index (χ3v) is 3.65. The number of halogens is 3. The summed E-state index contributed by atoms with van der Waals surface area (Å²) in [5.74, 6) is -1.90. The van der Waals surface area contributed by atoms with Crippen molar-refractivity contribution < 1.29 is 18.0 Å². The minimum Gasteiger partial charge on any atom is -0.338 e. The predicted molar refractivity (Wildman–Crippen MR) is 67.8 cm³/mol. The summed E-state index contributed by atoms with van der Waals surface area (Å²) >= 11 is 0. The molecule has 0 radical (unpaired) electrons. The molecule has 2 aromatic rings. The normalized spacial score (nSPS) is 19.4. The van der Waals surface area contributed by atoms with Gasteiger partial charge in [-0.05, 0) is 18.9 Å². The Balaban J connectivity index is 1.85. The first kappa shape index (κ1) is 13.8. The Bertz CT molecular complexity index is 694. The summed E-state index contributed by atoms with van der Waals surface area (Å²) in [6.45, 7) is 1.64. The molecule has 1 aliphatic heterocycles. The van der Waals surface area contributed by atoms with Crippen molar-refractivity contribution in [3.8, 4) is 0 Å². The van der Waals surface area contributed by atoms with Gasteiger partial charge in [0.1, 0.15) is 5.56 Å². The third kappa shape index (κ3) is 2.45. The fraction of sp³-hybridized carbons (Fsp3) is 0.462. The van der Waals surface area contributed by atoms with Crippen LogP contribution in [0.25, 0.3) is 5.65 Å². The van der Waals surface area contributed by atoms with Crippen LogP contribution >= 0.6 is 0 Å². The lowest BCUT2D eigenvalue weighted by atomic mass is 10.1. The molecule has 3 rings (SSSR count). The Morgan fingerprint density at radius 3 is 2.81 bits per heavy atom. The highest BCUT2D eigenvalue weighted by molar-refractivity contribution is 5.99. The molecule has 21 heavy (non-hydrogen) atoms. The monoisotopic (exact) mass is 298 g/mol. The van der Waals surface area contributed by atoms with E-state index in [4.69, 9.17) is 0 Å². The van der Waals surface area contributed by atoms with Crippen LogP contribution in [0, 0.1) is 12.8 Å². The second-order valence-electron chi connectivity index (χ2n) is 5.24. The molecule has 1 atom stereocenters. The number of aromatic nitrogens is 3. The molecular formula is C13H13F3N4O. The van der Waals surface area contributed by atoms with Crippen LogP contribution < -0.4 is 0 Å². The number of carbonyl (C=O) groups excluding carboxylic acids is 1. The summed E-state index contributed by atoms with van der Waals surface area (Å²) in [4.78, 5) is 17.7. The fourth-order valence-electron chi connectivity index (χ4n) is 2.50. The number of alkyl halides is 3. The van der Waals surface area contributed by atoms with E-state index in [1.54, 1.807) is 12.4 Å². The molecule has 3 heterocycles. The minimum atomic E-state index is -4.26. The fourth-order valence-corrected chi connectivity index (χ4v) is 2.50. The van der Waals surface area contributed by atoms with Crippen molar-refractivity contribution in [3.05, 3.63) is 29.7 Å². The highest BCUT2D eigenvalue weighted by Gasteiger charge is 2.45. The first-order valence-corrected chi connectivity index (χ1v) is 6.52. The zero-order chi connectivity index (χ0) is 15.2.